The Balaban J connectivity index is 2.17. The molecule has 0 bridgehead atoms. The van der Waals surface area contributed by atoms with Crippen LogP contribution < -0.4 is 10.6 Å². The Labute approximate surface area is 90.2 Å². The fourth-order valence-electron chi connectivity index (χ4n) is 1.47. The monoisotopic (exact) mass is 216 g/mol. The summed E-state index contributed by atoms with van der Waals surface area (Å²) in [5.41, 5.74) is -0.466. The molecule has 0 aromatic carbocycles. The SMILES string of the molecule is CC(C)(C)OC(=O)NCC1CC(O)CN1. The number of aliphatic hydroxyl groups is 1. The molecule has 3 N–H and O–H groups in total. The lowest BCUT2D eigenvalue weighted by atomic mass is 10.2. The summed E-state index contributed by atoms with van der Waals surface area (Å²) >= 11 is 0. The van der Waals surface area contributed by atoms with Crippen LogP contribution in [0.25, 0.3) is 0 Å². The number of amides is 1. The molecule has 1 aliphatic heterocycles. The molecule has 15 heavy (non-hydrogen) atoms. The van der Waals surface area contributed by atoms with Crippen LogP contribution in [0.15, 0.2) is 0 Å². The highest BCUT2D eigenvalue weighted by Gasteiger charge is 2.23. The van der Waals surface area contributed by atoms with Crippen molar-refractivity contribution in [1.29, 1.82) is 0 Å². The van der Waals surface area contributed by atoms with Crippen LogP contribution in [-0.2, 0) is 4.74 Å². The molecule has 0 radical (unpaired) electrons. The predicted molar refractivity (Wildman–Crippen MR) is 56.7 cm³/mol. The van der Waals surface area contributed by atoms with Gasteiger partial charge in [0.1, 0.15) is 5.60 Å². The summed E-state index contributed by atoms with van der Waals surface area (Å²) in [6.45, 7) is 6.56. The Morgan fingerprint density at radius 2 is 2.27 bits per heavy atom. The molecule has 88 valence electrons. The first kappa shape index (κ1) is 12.3. The number of β-amino-alcohol motifs (C(OH)–C–C–N with tert-alkyl or cyclic N) is 1. The van der Waals surface area contributed by atoms with E-state index in [0.29, 0.717) is 19.5 Å². The maximum absolute atomic E-state index is 11.3. The standard InChI is InChI=1S/C10H20N2O3/c1-10(2,3)15-9(14)12-5-7-4-8(13)6-11-7/h7-8,11,13H,4-6H2,1-3H3,(H,12,14). The van der Waals surface area contributed by atoms with Gasteiger partial charge in [-0.3, -0.25) is 0 Å². The Bertz CT molecular complexity index is 225. The smallest absolute Gasteiger partial charge is 0.407 e. The van der Waals surface area contributed by atoms with Gasteiger partial charge in [0.05, 0.1) is 6.10 Å². The summed E-state index contributed by atoms with van der Waals surface area (Å²) in [5, 5.41) is 15.0. The fourth-order valence-corrected chi connectivity index (χ4v) is 1.47. The topological polar surface area (TPSA) is 70.6 Å². The van der Waals surface area contributed by atoms with Gasteiger partial charge in [-0.1, -0.05) is 0 Å². The Kier molecular flexibility index (Phi) is 3.93. The first-order valence-corrected chi connectivity index (χ1v) is 5.25. The Morgan fingerprint density at radius 3 is 2.73 bits per heavy atom. The molecule has 2 unspecified atom stereocenters. The number of aliphatic hydroxyl groups excluding tert-OH is 1. The molecule has 0 aromatic heterocycles. The largest absolute Gasteiger partial charge is 0.444 e. The summed E-state index contributed by atoms with van der Waals surface area (Å²) in [6.07, 6.45) is -0.0309. The van der Waals surface area contributed by atoms with Crippen LogP contribution in [0.5, 0.6) is 0 Å². The van der Waals surface area contributed by atoms with Gasteiger partial charge in [0.2, 0.25) is 0 Å². The molecule has 0 aliphatic carbocycles. The zero-order chi connectivity index (χ0) is 11.5. The summed E-state index contributed by atoms with van der Waals surface area (Å²) in [4.78, 5) is 11.3. The number of hydrogen-bond donors (Lipinski definition) is 3. The van der Waals surface area contributed by atoms with Gasteiger partial charge in [0, 0.05) is 19.1 Å². The molecule has 1 amide bonds. The minimum atomic E-state index is -0.466. The van der Waals surface area contributed by atoms with Gasteiger partial charge >= 0.3 is 6.09 Å². The number of hydrogen-bond acceptors (Lipinski definition) is 4. The van der Waals surface area contributed by atoms with E-state index >= 15 is 0 Å². The summed E-state index contributed by atoms with van der Waals surface area (Å²) in [5.74, 6) is 0. The van der Waals surface area contributed by atoms with Crippen LogP contribution in [-0.4, -0.2) is 42.0 Å². The molecule has 1 heterocycles. The molecule has 1 rings (SSSR count). The lowest BCUT2D eigenvalue weighted by Crippen LogP contribution is -2.39. The van der Waals surface area contributed by atoms with Crippen LogP contribution in [0.1, 0.15) is 27.2 Å². The van der Waals surface area contributed by atoms with Gasteiger partial charge in [0.15, 0.2) is 0 Å². The number of ether oxygens (including phenoxy) is 1. The van der Waals surface area contributed by atoms with Crippen molar-refractivity contribution in [2.45, 2.75) is 44.9 Å². The first-order valence-electron chi connectivity index (χ1n) is 5.25. The zero-order valence-electron chi connectivity index (χ0n) is 9.54. The van der Waals surface area contributed by atoms with Crippen molar-refractivity contribution >= 4 is 6.09 Å². The quantitative estimate of drug-likeness (QED) is 0.618. The highest BCUT2D eigenvalue weighted by molar-refractivity contribution is 5.67. The van der Waals surface area contributed by atoms with Gasteiger partial charge < -0.3 is 20.5 Å². The molecule has 1 saturated heterocycles. The van der Waals surface area contributed by atoms with E-state index in [9.17, 15) is 9.90 Å². The highest BCUT2D eigenvalue weighted by Crippen LogP contribution is 2.07. The van der Waals surface area contributed by atoms with Crippen LogP contribution in [0.3, 0.4) is 0 Å². The van der Waals surface area contributed by atoms with E-state index in [2.05, 4.69) is 10.6 Å². The Morgan fingerprint density at radius 1 is 1.60 bits per heavy atom. The molecule has 0 aromatic rings. The zero-order valence-corrected chi connectivity index (χ0v) is 9.54. The lowest BCUT2D eigenvalue weighted by Gasteiger charge is -2.20. The third-order valence-electron chi connectivity index (χ3n) is 2.09. The highest BCUT2D eigenvalue weighted by atomic mass is 16.6. The van der Waals surface area contributed by atoms with Gasteiger partial charge in [-0.05, 0) is 27.2 Å². The predicted octanol–water partition coefficient (Wildman–Crippen LogP) is 0.234. The van der Waals surface area contributed by atoms with E-state index in [1.54, 1.807) is 0 Å². The van der Waals surface area contributed by atoms with Gasteiger partial charge in [-0.25, -0.2) is 4.79 Å². The number of rotatable bonds is 2. The van der Waals surface area contributed by atoms with Gasteiger partial charge in [-0.2, -0.15) is 0 Å². The third-order valence-corrected chi connectivity index (χ3v) is 2.09. The summed E-state index contributed by atoms with van der Waals surface area (Å²) < 4.78 is 5.08. The average Bonchev–Trinajstić information content (AvgIpc) is 2.45. The van der Waals surface area contributed by atoms with Crippen molar-refractivity contribution in [2.24, 2.45) is 0 Å². The molecule has 2 atom stereocenters. The molecular weight excluding hydrogens is 196 g/mol. The van der Waals surface area contributed by atoms with Crippen molar-refractivity contribution in [2.75, 3.05) is 13.1 Å². The van der Waals surface area contributed by atoms with Crippen LogP contribution in [0.2, 0.25) is 0 Å². The van der Waals surface area contributed by atoms with Crippen molar-refractivity contribution in [1.82, 2.24) is 10.6 Å². The van der Waals surface area contributed by atoms with Gasteiger partial charge in [0.25, 0.3) is 0 Å². The van der Waals surface area contributed by atoms with Crippen molar-refractivity contribution < 1.29 is 14.6 Å². The second-order valence-electron chi connectivity index (χ2n) is 4.88. The molecular formula is C10H20N2O3. The van der Waals surface area contributed by atoms with E-state index in [1.807, 2.05) is 20.8 Å². The van der Waals surface area contributed by atoms with E-state index in [-0.39, 0.29) is 12.1 Å². The minimum Gasteiger partial charge on any atom is -0.444 e. The van der Waals surface area contributed by atoms with E-state index < -0.39 is 11.7 Å². The number of carbonyl (C=O) groups excluding carboxylic acids is 1. The third kappa shape index (κ3) is 4.99. The molecule has 5 nitrogen and oxygen atoms in total. The number of carbonyl (C=O) groups is 1. The second kappa shape index (κ2) is 4.81. The van der Waals surface area contributed by atoms with Crippen LogP contribution in [0, 0.1) is 0 Å². The first-order chi connectivity index (χ1) is 6.87. The van der Waals surface area contributed by atoms with Crippen molar-refractivity contribution in [3.8, 4) is 0 Å². The summed E-state index contributed by atoms with van der Waals surface area (Å²) in [6, 6.07) is 0.146. The van der Waals surface area contributed by atoms with Crippen LogP contribution in [0.4, 0.5) is 4.79 Å². The second-order valence-corrected chi connectivity index (χ2v) is 4.88. The van der Waals surface area contributed by atoms with E-state index in [0.717, 1.165) is 0 Å². The average molecular weight is 216 g/mol. The molecule has 5 heteroatoms. The fraction of sp³-hybridized carbons (Fsp3) is 0.900. The minimum absolute atomic E-state index is 0.146. The normalized spacial score (nSPS) is 26.4. The molecule has 1 aliphatic rings. The summed E-state index contributed by atoms with van der Waals surface area (Å²) in [7, 11) is 0. The molecule has 0 saturated carbocycles. The van der Waals surface area contributed by atoms with E-state index in [4.69, 9.17) is 4.74 Å². The molecule has 1 fully saturated rings. The van der Waals surface area contributed by atoms with Crippen molar-refractivity contribution in [3.05, 3.63) is 0 Å². The maximum Gasteiger partial charge on any atom is 0.407 e. The van der Waals surface area contributed by atoms with E-state index in [1.165, 1.54) is 0 Å². The van der Waals surface area contributed by atoms with Crippen molar-refractivity contribution in [3.63, 3.8) is 0 Å². The number of nitrogens with one attached hydrogen (secondary N) is 2. The van der Waals surface area contributed by atoms with Gasteiger partial charge in [-0.15, -0.1) is 0 Å². The maximum atomic E-state index is 11.3. The number of alkyl carbamates (subject to hydrolysis) is 1. The van der Waals surface area contributed by atoms with Crippen LogP contribution >= 0.6 is 0 Å². The molecule has 0 spiro atoms. The Hall–Kier alpha value is -0.810. The lowest BCUT2D eigenvalue weighted by molar-refractivity contribution is 0.0522.